The normalized spacial score (nSPS) is 20.7. The lowest BCUT2D eigenvalue weighted by Crippen LogP contribution is -2.42. The van der Waals surface area contributed by atoms with Gasteiger partial charge in [0.1, 0.15) is 11.6 Å². The third kappa shape index (κ3) is 3.25. The number of anilines is 1. The molecule has 152 valence electrons. The molecule has 1 aliphatic heterocycles. The Morgan fingerprint density at radius 2 is 1.77 bits per heavy atom. The maximum atomic E-state index is 13.4. The number of rotatable bonds is 3. The van der Waals surface area contributed by atoms with Gasteiger partial charge in [-0.3, -0.25) is 9.69 Å². The van der Waals surface area contributed by atoms with Gasteiger partial charge in [0.05, 0.1) is 24.7 Å². The quantitative estimate of drug-likeness (QED) is 0.814. The number of benzene rings is 2. The molecule has 5 nitrogen and oxygen atoms in total. The lowest BCUT2D eigenvalue weighted by Gasteiger charge is -2.43. The molecule has 0 amide bonds. The average Bonchev–Trinajstić information content (AvgIpc) is 2.73. The van der Waals surface area contributed by atoms with E-state index in [1.807, 2.05) is 59.5 Å². The highest BCUT2D eigenvalue weighted by Gasteiger charge is 2.44. The lowest BCUT2D eigenvalue weighted by molar-refractivity contribution is -0.118. The fourth-order valence-electron chi connectivity index (χ4n) is 4.51. The summed E-state index contributed by atoms with van der Waals surface area (Å²) in [5.41, 5.74) is 10.1. The van der Waals surface area contributed by atoms with E-state index in [1.54, 1.807) is 7.11 Å². The minimum Gasteiger partial charge on any atom is -0.497 e. The van der Waals surface area contributed by atoms with Gasteiger partial charge in [0, 0.05) is 23.4 Å². The van der Waals surface area contributed by atoms with Crippen molar-refractivity contribution in [1.29, 1.82) is 5.26 Å². The average molecular weight is 399 g/mol. The Labute approximate surface area is 177 Å². The molecule has 1 atom stereocenters. The van der Waals surface area contributed by atoms with Gasteiger partial charge in [-0.1, -0.05) is 44.2 Å². The smallest absolute Gasteiger partial charge is 0.162 e. The summed E-state index contributed by atoms with van der Waals surface area (Å²) in [6, 6.07) is 19.5. The zero-order valence-corrected chi connectivity index (χ0v) is 17.5. The molecule has 0 saturated heterocycles. The van der Waals surface area contributed by atoms with Crippen molar-refractivity contribution in [2.45, 2.75) is 32.6 Å². The molecule has 0 saturated carbocycles. The summed E-state index contributed by atoms with van der Waals surface area (Å²) < 4.78 is 5.28. The summed E-state index contributed by atoms with van der Waals surface area (Å²) in [5, 5.41) is 10.1. The van der Waals surface area contributed by atoms with Crippen LogP contribution in [-0.2, 0) is 4.79 Å². The predicted molar refractivity (Wildman–Crippen MR) is 117 cm³/mol. The van der Waals surface area contributed by atoms with Crippen molar-refractivity contribution in [3.8, 4) is 11.8 Å². The number of ether oxygens (including phenoxy) is 1. The molecule has 30 heavy (non-hydrogen) atoms. The van der Waals surface area contributed by atoms with Crippen molar-refractivity contribution < 1.29 is 9.53 Å². The van der Waals surface area contributed by atoms with Crippen LogP contribution in [0.1, 0.15) is 38.2 Å². The SMILES string of the molecule is COc1ccc(N2C(N)=C(C#N)C(c3ccccc3)C3=C2CC(C)(C)CC3=O)cc1. The zero-order chi connectivity index (χ0) is 21.5. The van der Waals surface area contributed by atoms with Crippen LogP contribution in [0.2, 0.25) is 0 Å². The molecule has 2 N–H and O–H groups in total. The van der Waals surface area contributed by atoms with Crippen molar-refractivity contribution in [2.75, 3.05) is 12.0 Å². The van der Waals surface area contributed by atoms with Gasteiger partial charge >= 0.3 is 0 Å². The van der Waals surface area contributed by atoms with Gasteiger partial charge in [-0.05, 0) is 41.7 Å². The molecule has 1 unspecified atom stereocenters. The van der Waals surface area contributed by atoms with E-state index in [2.05, 4.69) is 19.9 Å². The molecule has 4 rings (SSSR count). The van der Waals surface area contributed by atoms with E-state index in [4.69, 9.17) is 10.5 Å². The largest absolute Gasteiger partial charge is 0.497 e. The number of nitriles is 1. The van der Waals surface area contributed by atoms with Gasteiger partial charge in [-0.25, -0.2) is 0 Å². The summed E-state index contributed by atoms with van der Waals surface area (Å²) in [5.74, 6) is 0.745. The van der Waals surface area contributed by atoms with Crippen molar-refractivity contribution in [3.63, 3.8) is 0 Å². The second-order valence-corrected chi connectivity index (χ2v) is 8.59. The number of hydrogen-bond donors (Lipinski definition) is 1. The lowest BCUT2D eigenvalue weighted by atomic mass is 9.68. The third-order valence-electron chi connectivity index (χ3n) is 5.84. The standard InChI is InChI=1S/C25H25N3O2/c1-25(2)13-20-23(21(29)14-25)22(16-7-5-4-6-8-16)19(15-26)24(27)28(20)17-9-11-18(30-3)12-10-17/h4-12,22H,13-14,27H2,1-3H3. The summed E-state index contributed by atoms with van der Waals surface area (Å²) in [6.45, 7) is 4.19. The van der Waals surface area contributed by atoms with Crippen LogP contribution in [0.25, 0.3) is 0 Å². The number of allylic oxidation sites excluding steroid dienone is 3. The number of ketones is 1. The van der Waals surface area contributed by atoms with Crippen LogP contribution in [-0.4, -0.2) is 12.9 Å². The Morgan fingerprint density at radius 1 is 1.10 bits per heavy atom. The molecule has 1 aliphatic carbocycles. The van der Waals surface area contributed by atoms with Crippen molar-refractivity contribution in [3.05, 3.63) is 82.8 Å². The summed E-state index contributed by atoms with van der Waals surface area (Å²) in [6.07, 6.45) is 1.15. The van der Waals surface area contributed by atoms with Crippen molar-refractivity contribution in [2.24, 2.45) is 11.1 Å². The van der Waals surface area contributed by atoms with Gasteiger partial charge in [0.15, 0.2) is 5.78 Å². The number of nitrogens with two attached hydrogens (primary N) is 1. The Balaban J connectivity index is 1.97. The van der Waals surface area contributed by atoms with E-state index in [1.165, 1.54) is 0 Å². The molecule has 0 aromatic heterocycles. The molecule has 0 spiro atoms. The minimum absolute atomic E-state index is 0.0777. The first kappa shape index (κ1) is 19.8. The van der Waals surface area contributed by atoms with Crippen molar-refractivity contribution >= 4 is 11.5 Å². The van der Waals surface area contributed by atoms with Gasteiger partial charge in [-0.15, -0.1) is 0 Å². The Bertz CT molecular complexity index is 1090. The van der Waals surface area contributed by atoms with E-state index in [0.717, 1.165) is 22.7 Å². The van der Waals surface area contributed by atoms with Gasteiger partial charge < -0.3 is 10.5 Å². The minimum atomic E-state index is -0.440. The fourth-order valence-corrected chi connectivity index (χ4v) is 4.51. The molecular weight excluding hydrogens is 374 g/mol. The maximum Gasteiger partial charge on any atom is 0.162 e. The van der Waals surface area contributed by atoms with Gasteiger partial charge in [0.25, 0.3) is 0 Å². The highest BCUT2D eigenvalue weighted by atomic mass is 16.5. The van der Waals surface area contributed by atoms with Crippen LogP contribution in [0.15, 0.2) is 77.3 Å². The number of methoxy groups -OCH3 is 1. The van der Waals surface area contributed by atoms with E-state index < -0.39 is 5.92 Å². The van der Waals surface area contributed by atoms with Crippen LogP contribution in [0.3, 0.4) is 0 Å². The highest BCUT2D eigenvalue weighted by molar-refractivity contribution is 6.01. The summed E-state index contributed by atoms with van der Waals surface area (Å²) in [7, 11) is 1.62. The second-order valence-electron chi connectivity index (χ2n) is 8.59. The molecule has 1 heterocycles. The molecule has 0 radical (unpaired) electrons. The Kier molecular flexibility index (Phi) is 4.87. The maximum absolute atomic E-state index is 13.4. The molecule has 0 bridgehead atoms. The first-order valence-corrected chi connectivity index (χ1v) is 10.0. The van der Waals surface area contributed by atoms with Crippen LogP contribution < -0.4 is 15.4 Å². The first-order chi connectivity index (χ1) is 14.4. The number of Topliss-reactive ketones (excluding diaryl/α,β-unsaturated/α-hetero) is 1. The summed E-state index contributed by atoms with van der Waals surface area (Å²) >= 11 is 0. The molecule has 2 aromatic rings. The predicted octanol–water partition coefficient (Wildman–Crippen LogP) is 4.64. The molecule has 5 heteroatoms. The van der Waals surface area contributed by atoms with Crippen LogP contribution >= 0.6 is 0 Å². The number of carbonyl (C=O) groups excluding carboxylic acids is 1. The van der Waals surface area contributed by atoms with Gasteiger partial charge in [-0.2, -0.15) is 5.26 Å². The molecule has 0 fully saturated rings. The van der Waals surface area contributed by atoms with Crippen molar-refractivity contribution in [1.82, 2.24) is 0 Å². The molecular formula is C25H25N3O2. The van der Waals surface area contributed by atoms with E-state index in [9.17, 15) is 10.1 Å². The number of carbonyl (C=O) groups is 1. The fraction of sp³-hybridized carbons (Fsp3) is 0.280. The number of nitrogens with zero attached hydrogens (tertiary/aromatic N) is 2. The van der Waals surface area contributed by atoms with E-state index in [0.29, 0.717) is 29.8 Å². The zero-order valence-electron chi connectivity index (χ0n) is 17.5. The monoisotopic (exact) mass is 399 g/mol. The third-order valence-corrected chi connectivity index (χ3v) is 5.84. The van der Waals surface area contributed by atoms with Crippen LogP contribution in [0, 0.1) is 16.7 Å². The Hall–Kier alpha value is -3.52. The Morgan fingerprint density at radius 3 is 2.37 bits per heavy atom. The van der Waals surface area contributed by atoms with Crippen LogP contribution in [0.5, 0.6) is 5.75 Å². The number of hydrogen-bond acceptors (Lipinski definition) is 5. The van der Waals surface area contributed by atoms with E-state index in [-0.39, 0.29) is 11.2 Å². The van der Waals surface area contributed by atoms with Crippen LogP contribution in [0.4, 0.5) is 5.69 Å². The van der Waals surface area contributed by atoms with E-state index >= 15 is 0 Å². The summed E-state index contributed by atoms with van der Waals surface area (Å²) in [4.78, 5) is 15.3. The molecule has 2 aliphatic rings. The highest BCUT2D eigenvalue weighted by Crippen LogP contribution is 2.50. The topological polar surface area (TPSA) is 79.3 Å². The second kappa shape index (κ2) is 7.38. The molecule has 2 aromatic carbocycles. The first-order valence-electron chi connectivity index (χ1n) is 10.0. The van der Waals surface area contributed by atoms with Gasteiger partial charge in [0.2, 0.25) is 0 Å².